The first-order valence-corrected chi connectivity index (χ1v) is 6.34. The third-order valence-corrected chi connectivity index (χ3v) is 4.43. The molecule has 2 bridgehead atoms. The maximum absolute atomic E-state index is 6.22. The summed E-state index contributed by atoms with van der Waals surface area (Å²) in [4.78, 5) is 8.18. The number of nitrogens with zero attached hydrogens (tertiary/aromatic N) is 2. The van der Waals surface area contributed by atoms with E-state index >= 15 is 0 Å². The molecule has 0 amide bonds. The molecule has 86 valence electrons. The molecule has 2 aliphatic carbocycles. The molecule has 4 atom stereocenters. The third kappa shape index (κ3) is 1.84. The Kier molecular flexibility index (Phi) is 2.64. The van der Waals surface area contributed by atoms with E-state index in [4.69, 9.17) is 5.73 Å². The highest BCUT2D eigenvalue weighted by Crippen LogP contribution is 2.50. The normalized spacial score (nSPS) is 34.2. The fraction of sp³-hybridized carbons (Fsp3) is 0.692. The molecule has 3 heteroatoms. The van der Waals surface area contributed by atoms with Gasteiger partial charge in [0.2, 0.25) is 0 Å². The van der Waals surface area contributed by atoms with Crippen LogP contribution in [0.15, 0.2) is 18.6 Å². The molecule has 0 spiro atoms. The van der Waals surface area contributed by atoms with Crippen LogP contribution in [0.1, 0.15) is 43.8 Å². The lowest BCUT2D eigenvalue weighted by molar-refractivity contribution is 0.294. The molecule has 0 aromatic carbocycles. The summed E-state index contributed by atoms with van der Waals surface area (Å²) in [5.74, 6) is 2.81. The van der Waals surface area contributed by atoms with Crippen LogP contribution >= 0.6 is 0 Å². The molecule has 1 aromatic rings. The van der Waals surface area contributed by atoms with Crippen LogP contribution in [0.4, 0.5) is 0 Å². The number of rotatable bonds is 3. The van der Waals surface area contributed by atoms with Crippen LogP contribution in [0.5, 0.6) is 0 Å². The van der Waals surface area contributed by atoms with Gasteiger partial charge in [-0.1, -0.05) is 6.42 Å². The lowest BCUT2D eigenvalue weighted by atomic mass is 9.84. The lowest BCUT2D eigenvalue weighted by Gasteiger charge is -2.24. The quantitative estimate of drug-likeness (QED) is 0.845. The largest absolute Gasteiger partial charge is 0.323 e. The van der Waals surface area contributed by atoms with Gasteiger partial charge in [0, 0.05) is 12.2 Å². The van der Waals surface area contributed by atoms with E-state index < -0.39 is 0 Å². The summed E-state index contributed by atoms with van der Waals surface area (Å²) in [5.41, 5.74) is 7.21. The van der Waals surface area contributed by atoms with Gasteiger partial charge in [-0.05, 0) is 49.5 Å². The Labute approximate surface area is 96.5 Å². The van der Waals surface area contributed by atoms with E-state index in [2.05, 4.69) is 9.97 Å². The smallest absolute Gasteiger partial charge is 0.115 e. The summed E-state index contributed by atoms with van der Waals surface area (Å²) in [7, 11) is 0. The van der Waals surface area contributed by atoms with Crippen LogP contribution in [0.25, 0.3) is 0 Å². The third-order valence-electron chi connectivity index (χ3n) is 4.43. The minimum atomic E-state index is 0.104. The predicted octanol–water partition coefficient (Wildman–Crippen LogP) is 2.30. The lowest BCUT2D eigenvalue weighted by Crippen LogP contribution is -2.20. The van der Waals surface area contributed by atoms with Crippen LogP contribution in [0.2, 0.25) is 0 Å². The van der Waals surface area contributed by atoms with Gasteiger partial charge in [0.15, 0.2) is 0 Å². The van der Waals surface area contributed by atoms with E-state index in [1.54, 1.807) is 12.5 Å². The average Bonchev–Trinajstić information content (AvgIpc) is 2.92. The molecule has 3 nitrogen and oxygen atoms in total. The van der Waals surface area contributed by atoms with E-state index in [-0.39, 0.29) is 6.04 Å². The van der Waals surface area contributed by atoms with Crippen LogP contribution in [0, 0.1) is 17.8 Å². The predicted molar refractivity (Wildman–Crippen MR) is 62.5 cm³/mol. The Bertz CT molecular complexity index is 351. The SMILES string of the molecule is NC(CC1CC2CCC1C2)c1ccncn1. The fourth-order valence-electron chi connectivity index (χ4n) is 3.63. The maximum atomic E-state index is 6.22. The highest BCUT2D eigenvalue weighted by atomic mass is 14.8. The number of hydrogen-bond donors (Lipinski definition) is 1. The number of aromatic nitrogens is 2. The molecule has 1 aromatic heterocycles. The summed E-state index contributed by atoms with van der Waals surface area (Å²) >= 11 is 0. The summed E-state index contributed by atoms with van der Waals surface area (Å²) in [5, 5.41) is 0. The highest BCUT2D eigenvalue weighted by Gasteiger charge is 2.39. The second kappa shape index (κ2) is 4.13. The molecule has 2 saturated carbocycles. The molecule has 2 fully saturated rings. The molecular weight excluding hydrogens is 198 g/mol. The van der Waals surface area contributed by atoms with Crippen LogP contribution < -0.4 is 5.73 Å². The van der Waals surface area contributed by atoms with Crippen molar-refractivity contribution in [2.45, 2.75) is 38.1 Å². The van der Waals surface area contributed by atoms with Gasteiger partial charge in [0.1, 0.15) is 6.33 Å². The van der Waals surface area contributed by atoms with Crippen molar-refractivity contribution in [2.24, 2.45) is 23.5 Å². The molecule has 2 aliphatic rings. The van der Waals surface area contributed by atoms with E-state index in [1.165, 1.54) is 25.7 Å². The molecule has 0 aliphatic heterocycles. The second-order valence-corrected chi connectivity index (χ2v) is 5.41. The number of nitrogens with two attached hydrogens (primary N) is 1. The van der Waals surface area contributed by atoms with E-state index in [1.807, 2.05) is 6.07 Å². The monoisotopic (exact) mass is 217 g/mol. The van der Waals surface area contributed by atoms with Crippen molar-refractivity contribution >= 4 is 0 Å². The van der Waals surface area contributed by atoms with E-state index in [0.717, 1.165) is 29.9 Å². The Morgan fingerprint density at radius 3 is 2.94 bits per heavy atom. The zero-order chi connectivity index (χ0) is 11.0. The first kappa shape index (κ1) is 10.2. The number of hydrogen-bond acceptors (Lipinski definition) is 3. The van der Waals surface area contributed by atoms with Crippen molar-refractivity contribution < 1.29 is 0 Å². The van der Waals surface area contributed by atoms with Crippen LogP contribution in [0.3, 0.4) is 0 Å². The summed E-state index contributed by atoms with van der Waals surface area (Å²) in [6.45, 7) is 0. The Morgan fingerprint density at radius 1 is 1.38 bits per heavy atom. The summed E-state index contributed by atoms with van der Waals surface area (Å²) in [6, 6.07) is 2.05. The summed E-state index contributed by atoms with van der Waals surface area (Å²) < 4.78 is 0. The van der Waals surface area contributed by atoms with Gasteiger partial charge in [-0.25, -0.2) is 9.97 Å². The molecule has 3 rings (SSSR count). The number of fused-ring (bicyclic) bond motifs is 2. The first-order valence-electron chi connectivity index (χ1n) is 6.34. The van der Waals surface area contributed by atoms with Gasteiger partial charge in [0.05, 0.1) is 5.69 Å². The van der Waals surface area contributed by atoms with Gasteiger partial charge in [0.25, 0.3) is 0 Å². The van der Waals surface area contributed by atoms with Crippen molar-refractivity contribution in [1.82, 2.24) is 9.97 Å². The van der Waals surface area contributed by atoms with Crippen molar-refractivity contribution in [3.8, 4) is 0 Å². The maximum Gasteiger partial charge on any atom is 0.115 e. The molecule has 16 heavy (non-hydrogen) atoms. The van der Waals surface area contributed by atoms with Gasteiger partial charge < -0.3 is 5.73 Å². The van der Waals surface area contributed by atoms with E-state index in [0.29, 0.717) is 0 Å². The summed E-state index contributed by atoms with van der Waals surface area (Å²) in [6.07, 6.45) is 10.2. The molecular formula is C13H19N3. The zero-order valence-electron chi connectivity index (χ0n) is 9.55. The van der Waals surface area contributed by atoms with E-state index in [9.17, 15) is 0 Å². The Hall–Kier alpha value is -0.960. The molecule has 0 saturated heterocycles. The second-order valence-electron chi connectivity index (χ2n) is 5.41. The van der Waals surface area contributed by atoms with Crippen LogP contribution in [-0.4, -0.2) is 9.97 Å². The van der Waals surface area contributed by atoms with Gasteiger partial charge in [-0.2, -0.15) is 0 Å². The van der Waals surface area contributed by atoms with Gasteiger partial charge >= 0.3 is 0 Å². The molecule has 0 radical (unpaired) electrons. The molecule has 4 unspecified atom stereocenters. The highest BCUT2D eigenvalue weighted by molar-refractivity contribution is 5.05. The Balaban J connectivity index is 1.63. The molecule has 1 heterocycles. The van der Waals surface area contributed by atoms with Crippen molar-refractivity contribution in [3.63, 3.8) is 0 Å². The fourth-order valence-corrected chi connectivity index (χ4v) is 3.63. The van der Waals surface area contributed by atoms with Gasteiger partial charge in [-0.3, -0.25) is 0 Å². The van der Waals surface area contributed by atoms with Gasteiger partial charge in [-0.15, -0.1) is 0 Å². The Morgan fingerprint density at radius 2 is 2.31 bits per heavy atom. The first-order chi connectivity index (χ1) is 7.83. The minimum absolute atomic E-state index is 0.104. The minimum Gasteiger partial charge on any atom is -0.323 e. The van der Waals surface area contributed by atoms with Crippen LogP contribution in [-0.2, 0) is 0 Å². The topological polar surface area (TPSA) is 51.8 Å². The van der Waals surface area contributed by atoms with Crippen molar-refractivity contribution in [3.05, 3.63) is 24.3 Å². The molecule has 2 N–H and O–H groups in total. The zero-order valence-corrected chi connectivity index (χ0v) is 9.55. The van der Waals surface area contributed by atoms with Crippen molar-refractivity contribution in [2.75, 3.05) is 0 Å². The standard InChI is InChI=1S/C13H19N3/c14-12(13-3-4-15-8-16-13)7-11-6-9-1-2-10(11)5-9/h3-4,8-12H,1-2,5-7,14H2. The average molecular weight is 217 g/mol. The van der Waals surface area contributed by atoms with Crippen molar-refractivity contribution in [1.29, 1.82) is 0 Å².